The Hall–Kier alpha value is -3.19. The van der Waals surface area contributed by atoms with Gasteiger partial charge in [0.15, 0.2) is 0 Å². The van der Waals surface area contributed by atoms with Crippen LogP contribution in [0.15, 0.2) is 54.9 Å². The lowest BCUT2D eigenvalue weighted by atomic mass is 9.89. The average Bonchev–Trinajstić information content (AvgIpc) is 3.23. The molecule has 1 atom stereocenters. The minimum Gasteiger partial charge on any atom is -0.297 e. The number of hydrogen-bond donors (Lipinski definition) is 1. The van der Waals surface area contributed by atoms with E-state index in [2.05, 4.69) is 64.7 Å². The van der Waals surface area contributed by atoms with Crippen molar-refractivity contribution in [2.24, 2.45) is 5.92 Å². The van der Waals surface area contributed by atoms with Gasteiger partial charge in [-0.05, 0) is 68.5 Å². The van der Waals surface area contributed by atoms with Gasteiger partial charge in [0.25, 0.3) is 0 Å². The molecule has 0 saturated carbocycles. The molecule has 2 saturated heterocycles. The Labute approximate surface area is 188 Å². The van der Waals surface area contributed by atoms with Crippen LogP contribution in [0.3, 0.4) is 0 Å². The highest BCUT2D eigenvalue weighted by atomic mass is 16.2. The van der Waals surface area contributed by atoms with Gasteiger partial charge in [-0.25, -0.2) is 9.31 Å². The van der Waals surface area contributed by atoms with Crippen molar-refractivity contribution < 1.29 is 9.59 Å². The third-order valence-corrected chi connectivity index (χ3v) is 6.91. The number of rotatable bonds is 5. The fraction of sp³-hybridized carbons (Fsp3) is 0.400. The summed E-state index contributed by atoms with van der Waals surface area (Å²) in [6.45, 7) is 4.91. The second-order valence-corrected chi connectivity index (χ2v) is 8.92. The lowest BCUT2D eigenvalue weighted by Crippen LogP contribution is -2.49. The van der Waals surface area contributed by atoms with Crippen LogP contribution in [-0.2, 0) is 11.2 Å². The molecule has 1 unspecified atom stereocenters. The summed E-state index contributed by atoms with van der Waals surface area (Å²) in [5.74, 6) is 0.426. The second-order valence-electron chi connectivity index (χ2n) is 8.92. The molecule has 0 radical (unpaired) electrons. The van der Waals surface area contributed by atoms with Crippen molar-refractivity contribution in [3.63, 3.8) is 0 Å². The van der Waals surface area contributed by atoms with Crippen LogP contribution in [0.2, 0.25) is 0 Å². The fourth-order valence-corrected chi connectivity index (χ4v) is 4.96. The smallest absolute Gasteiger partial charge is 0.297 e. The number of amides is 3. The van der Waals surface area contributed by atoms with Crippen molar-refractivity contribution in [1.29, 1.82) is 0 Å². The number of carbonyl (C=O) groups excluding carboxylic acids is 2. The third kappa shape index (κ3) is 4.12. The van der Waals surface area contributed by atoms with E-state index in [0.29, 0.717) is 24.9 Å². The molecular weight excluding hydrogens is 402 g/mol. The Balaban J connectivity index is 1.25. The molecule has 1 N–H and O–H groups in total. The number of imide groups is 1. The average molecular weight is 432 g/mol. The van der Waals surface area contributed by atoms with E-state index in [0.717, 1.165) is 30.7 Å². The molecule has 2 aliphatic heterocycles. The highest BCUT2D eigenvalue weighted by Gasteiger charge is 2.27. The largest absolute Gasteiger partial charge is 0.328 e. The number of aromatic nitrogens is 2. The number of urea groups is 1. The molecule has 0 bridgehead atoms. The number of nitrogens with zero attached hydrogens (tertiary/aromatic N) is 4. The zero-order valence-corrected chi connectivity index (χ0v) is 18.4. The minimum atomic E-state index is -0.374. The molecule has 0 aliphatic carbocycles. The zero-order valence-electron chi connectivity index (χ0n) is 18.4. The molecule has 1 aromatic carbocycles. The van der Waals surface area contributed by atoms with Crippen LogP contribution in [0, 0.1) is 5.92 Å². The molecule has 7 heteroatoms. The van der Waals surface area contributed by atoms with Gasteiger partial charge in [-0.2, -0.15) is 5.10 Å². The van der Waals surface area contributed by atoms with Crippen molar-refractivity contribution in [2.75, 3.05) is 24.5 Å². The van der Waals surface area contributed by atoms with Gasteiger partial charge >= 0.3 is 6.03 Å². The minimum absolute atomic E-state index is 0.226. The number of hydrogen-bond acceptors (Lipinski definition) is 4. The van der Waals surface area contributed by atoms with Gasteiger partial charge in [0, 0.05) is 25.2 Å². The Morgan fingerprint density at radius 1 is 1.09 bits per heavy atom. The Kier molecular flexibility index (Phi) is 5.66. The first-order valence-corrected chi connectivity index (χ1v) is 11.4. The van der Waals surface area contributed by atoms with E-state index in [1.165, 1.54) is 24.0 Å². The van der Waals surface area contributed by atoms with Gasteiger partial charge in [0.1, 0.15) is 0 Å². The molecule has 4 heterocycles. The molecule has 3 amide bonds. The Bertz CT molecular complexity index is 1120. The van der Waals surface area contributed by atoms with Crippen LogP contribution < -0.4 is 10.2 Å². The van der Waals surface area contributed by atoms with Gasteiger partial charge in [0.05, 0.1) is 17.4 Å². The van der Waals surface area contributed by atoms with Crippen LogP contribution in [0.1, 0.15) is 43.4 Å². The molecule has 32 heavy (non-hydrogen) atoms. The van der Waals surface area contributed by atoms with Gasteiger partial charge in [0.2, 0.25) is 5.91 Å². The molecule has 2 fully saturated rings. The lowest BCUT2D eigenvalue weighted by Gasteiger charge is -2.36. The maximum atomic E-state index is 12.3. The standard InChI is InChI=1S/C25H29N5O2/c1-18(21-5-3-2-4-6-21)28-11-7-19(8-12-28)15-20-9-14-30-22(16-20)23(17-26-30)29-13-10-24(31)27-25(29)32/h2-6,9,14,16-19H,7-8,10-13,15H2,1H3,(H,27,31,32). The van der Waals surface area contributed by atoms with Crippen LogP contribution in [-0.4, -0.2) is 46.1 Å². The number of benzene rings is 1. The highest BCUT2D eigenvalue weighted by Crippen LogP contribution is 2.30. The summed E-state index contributed by atoms with van der Waals surface area (Å²) in [5, 5.41) is 6.79. The zero-order chi connectivity index (χ0) is 22.1. The summed E-state index contributed by atoms with van der Waals surface area (Å²) in [6, 6.07) is 15.1. The molecule has 5 rings (SSSR count). The number of anilines is 1. The first-order valence-electron chi connectivity index (χ1n) is 11.4. The van der Waals surface area contributed by atoms with E-state index in [9.17, 15) is 9.59 Å². The predicted octanol–water partition coefficient (Wildman–Crippen LogP) is 3.80. The monoisotopic (exact) mass is 431 g/mol. The van der Waals surface area contributed by atoms with Crippen molar-refractivity contribution in [3.05, 3.63) is 66.0 Å². The van der Waals surface area contributed by atoms with Gasteiger partial charge in [-0.15, -0.1) is 0 Å². The van der Waals surface area contributed by atoms with E-state index in [-0.39, 0.29) is 11.9 Å². The maximum Gasteiger partial charge on any atom is 0.328 e. The molecule has 2 aliphatic rings. The fourth-order valence-electron chi connectivity index (χ4n) is 4.96. The Morgan fingerprint density at radius 2 is 1.88 bits per heavy atom. The van der Waals surface area contributed by atoms with Gasteiger partial charge < -0.3 is 0 Å². The molecule has 2 aromatic heterocycles. The number of pyridine rings is 1. The molecular formula is C25H29N5O2. The summed E-state index contributed by atoms with van der Waals surface area (Å²) in [7, 11) is 0. The second kappa shape index (κ2) is 8.74. The normalized spacial score (nSPS) is 19.3. The predicted molar refractivity (Wildman–Crippen MR) is 124 cm³/mol. The summed E-state index contributed by atoms with van der Waals surface area (Å²) in [6.07, 6.45) is 7.38. The van der Waals surface area contributed by atoms with Gasteiger partial charge in [-0.3, -0.25) is 19.9 Å². The number of carbonyl (C=O) groups is 2. The number of piperidine rings is 1. The van der Waals surface area contributed by atoms with Crippen LogP contribution in [0.4, 0.5) is 10.5 Å². The molecule has 0 spiro atoms. The maximum absolute atomic E-state index is 12.3. The van der Waals surface area contributed by atoms with Crippen LogP contribution in [0.25, 0.3) is 5.52 Å². The summed E-state index contributed by atoms with van der Waals surface area (Å²) >= 11 is 0. The first kappa shape index (κ1) is 20.7. The van der Waals surface area contributed by atoms with E-state index in [1.807, 2.05) is 6.20 Å². The van der Waals surface area contributed by atoms with Crippen molar-refractivity contribution in [1.82, 2.24) is 19.8 Å². The summed E-state index contributed by atoms with van der Waals surface area (Å²) in [4.78, 5) is 28.0. The van der Waals surface area contributed by atoms with Gasteiger partial charge in [-0.1, -0.05) is 30.3 Å². The Morgan fingerprint density at radius 3 is 2.62 bits per heavy atom. The lowest BCUT2D eigenvalue weighted by molar-refractivity contribution is -0.120. The van der Waals surface area contributed by atoms with Crippen LogP contribution in [0.5, 0.6) is 0 Å². The summed E-state index contributed by atoms with van der Waals surface area (Å²) in [5.41, 5.74) is 4.31. The first-order chi connectivity index (χ1) is 15.6. The van der Waals surface area contributed by atoms with Crippen molar-refractivity contribution in [2.45, 2.75) is 38.6 Å². The van der Waals surface area contributed by atoms with E-state index < -0.39 is 0 Å². The van der Waals surface area contributed by atoms with Crippen LogP contribution >= 0.6 is 0 Å². The number of nitrogens with one attached hydrogen (secondary N) is 1. The number of fused-ring (bicyclic) bond motifs is 1. The topological polar surface area (TPSA) is 70.0 Å². The van der Waals surface area contributed by atoms with Crippen molar-refractivity contribution >= 4 is 23.1 Å². The van der Waals surface area contributed by atoms with E-state index >= 15 is 0 Å². The highest BCUT2D eigenvalue weighted by molar-refractivity contribution is 6.07. The quantitative estimate of drug-likeness (QED) is 0.667. The molecule has 3 aromatic rings. The van der Waals surface area contributed by atoms with Crippen molar-refractivity contribution in [3.8, 4) is 0 Å². The summed E-state index contributed by atoms with van der Waals surface area (Å²) < 4.78 is 1.80. The van der Waals surface area contributed by atoms with E-state index in [4.69, 9.17) is 0 Å². The third-order valence-electron chi connectivity index (χ3n) is 6.91. The molecule has 7 nitrogen and oxygen atoms in total. The molecule has 166 valence electrons. The van der Waals surface area contributed by atoms with E-state index in [1.54, 1.807) is 15.6 Å². The number of likely N-dealkylation sites (tertiary alicyclic amines) is 1. The SMILES string of the molecule is CC(c1ccccc1)N1CCC(Cc2ccn3ncc(N4CCC(=O)NC4=O)c3c2)CC1.